The normalized spacial score (nSPS) is 9.79. The maximum absolute atomic E-state index is 12.3. The van der Waals surface area contributed by atoms with Gasteiger partial charge in [-0.2, -0.15) is 0 Å². The van der Waals surface area contributed by atoms with Gasteiger partial charge in [0.1, 0.15) is 12.3 Å². The first-order chi connectivity index (χ1) is 8.99. The highest BCUT2D eigenvalue weighted by atomic mass is 35.5. The van der Waals surface area contributed by atoms with Gasteiger partial charge in [0, 0.05) is 11.6 Å². The number of ether oxygens (including phenoxy) is 1. The summed E-state index contributed by atoms with van der Waals surface area (Å²) in [5, 5.41) is 9.18. The number of nitrogens with zero attached hydrogens (tertiary/aromatic N) is 1. The topological polar surface area (TPSA) is 66.8 Å². The zero-order valence-electron chi connectivity index (χ0n) is 10.4. The van der Waals surface area contributed by atoms with E-state index >= 15 is 0 Å². The van der Waals surface area contributed by atoms with Crippen LogP contribution in [0.3, 0.4) is 0 Å². The first-order valence-corrected chi connectivity index (χ1v) is 5.83. The van der Waals surface area contributed by atoms with Crippen molar-refractivity contribution in [3.63, 3.8) is 0 Å². The van der Waals surface area contributed by atoms with Gasteiger partial charge in [-0.1, -0.05) is 17.7 Å². The number of carbonyl (C=O) groups excluding carboxylic acids is 1. The number of benzene rings is 1. The average Bonchev–Trinajstić information content (AvgIpc) is 2.37. The van der Waals surface area contributed by atoms with E-state index in [1.165, 1.54) is 19.3 Å². The van der Waals surface area contributed by atoms with Crippen molar-refractivity contribution in [2.45, 2.75) is 0 Å². The number of carbonyl (C=O) groups is 2. The zero-order valence-corrected chi connectivity index (χ0v) is 11.2. The molecule has 0 spiro atoms. The molecule has 6 heteroatoms. The van der Waals surface area contributed by atoms with Crippen LogP contribution in [0.5, 0.6) is 5.75 Å². The lowest BCUT2D eigenvalue weighted by atomic mass is 10.1. The molecule has 0 atom stereocenters. The molecule has 19 heavy (non-hydrogen) atoms. The van der Waals surface area contributed by atoms with Crippen LogP contribution >= 0.6 is 11.6 Å². The second-order valence-electron chi connectivity index (χ2n) is 3.71. The minimum absolute atomic E-state index is 0.126. The highest BCUT2D eigenvalue weighted by Gasteiger charge is 2.21. The number of aliphatic carboxylic acids is 1. The molecule has 0 aliphatic carbocycles. The molecule has 1 N–H and O–H groups in total. The van der Waals surface area contributed by atoms with E-state index in [1.54, 1.807) is 12.1 Å². The third-order valence-electron chi connectivity index (χ3n) is 2.35. The number of rotatable bonds is 6. The van der Waals surface area contributed by atoms with E-state index < -0.39 is 18.4 Å². The molecular weight excluding hydrogens is 270 g/mol. The van der Waals surface area contributed by atoms with Crippen LogP contribution in [0.2, 0.25) is 5.02 Å². The third kappa shape index (κ3) is 3.99. The van der Waals surface area contributed by atoms with Crippen molar-refractivity contribution in [2.24, 2.45) is 0 Å². The van der Waals surface area contributed by atoms with Crippen molar-refractivity contribution >= 4 is 23.5 Å². The summed E-state index contributed by atoms with van der Waals surface area (Å²) in [6.45, 7) is 3.21. The Morgan fingerprint density at radius 3 is 2.74 bits per heavy atom. The molecular formula is C13H14ClNO4. The molecule has 5 nitrogen and oxygen atoms in total. The summed E-state index contributed by atoms with van der Waals surface area (Å²) >= 11 is 5.84. The summed E-state index contributed by atoms with van der Waals surface area (Å²) in [6.07, 6.45) is 1.46. The van der Waals surface area contributed by atoms with Gasteiger partial charge in [-0.15, -0.1) is 6.58 Å². The molecule has 1 rings (SSSR count). The molecule has 0 saturated carbocycles. The Morgan fingerprint density at radius 2 is 2.21 bits per heavy atom. The summed E-state index contributed by atoms with van der Waals surface area (Å²) in [7, 11) is 1.43. The number of methoxy groups -OCH3 is 1. The Hall–Kier alpha value is -2.01. The predicted octanol–water partition coefficient (Wildman–Crippen LogP) is 2.06. The Kier molecular flexibility index (Phi) is 5.38. The van der Waals surface area contributed by atoms with Crippen molar-refractivity contribution < 1.29 is 19.4 Å². The quantitative estimate of drug-likeness (QED) is 0.812. The van der Waals surface area contributed by atoms with Gasteiger partial charge in [0.05, 0.1) is 12.7 Å². The first kappa shape index (κ1) is 15.0. The van der Waals surface area contributed by atoms with E-state index in [0.717, 1.165) is 4.90 Å². The standard InChI is InChI=1S/C13H14ClNO4/c1-3-6-15(8-12(16)17)13(18)10-7-9(14)4-5-11(10)19-2/h3-5,7H,1,6,8H2,2H3,(H,16,17). The monoisotopic (exact) mass is 283 g/mol. The Balaban J connectivity index is 3.10. The smallest absolute Gasteiger partial charge is 0.323 e. The molecule has 0 fully saturated rings. The van der Waals surface area contributed by atoms with Gasteiger partial charge in [0.15, 0.2) is 0 Å². The molecule has 0 saturated heterocycles. The molecule has 0 radical (unpaired) electrons. The van der Waals surface area contributed by atoms with Gasteiger partial charge >= 0.3 is 5.97 Å². The number of carboxylic acids is 1. The van der Waals surface area contributed by atoms with Gasteiger partial charge < -0.3 is 14.7 Å². The van der Waals surface area contributed by atoms with Crippen molar-refractivity contribution in [3.05, 3.63) is 41.4 Å². The fourth-order valence-electron chi connectivity index (χ4n) is 1.56. The number of amides is 1. The van der Waals surface area contributed by atoms with Crippen LogP contribution in [0.4, 0.5) is 0 Å². The molecule has 0 heterocycles. The van der Waals surface area contributed by atoms with Crippen molar-refractivity contribution in [1.29, 1.82) is 0 Å². The molecule has 0 aliphatic heterocycles. The largest absolute Gasteiger partial charge is 0.496 e. The zero-order chi connectivity index (χ0) is 14.4. The lowest BCUT2D eigenvalue weighted by Gasteiger charge is -2.20. The van der Waals surface area contributed by atoms with Gasteiger partial charge in [-0.3, -0.25) is 9.59 Å². The number of hydrogen-bond acceptors (Lipinski definition) is 3. The first-order valence-electron chi connectivity index (χ1n) is 5.45. The lowest BCUT2D eigenvalue weighted by Crippen LogP contribution is -2.36. The fraction of sp³-hybridized carbons (Fsp3) is 0.231. The SMILES string of the molecule is C=CCN(CC(=O)O)C(=O)c1cc(Cl)ccc1OC. The summed E-state index contributed by atoms with van der Waals surface area (Å²) in [4.78, 5) is 24.2. The van der Waals surface area contributed by atoms with Crippen LogP contribution in [0, 0.1) is 0 Å². The number of halogens is 1. The molecule has 102 valence electrons. The van der Waals surface area contributed by atoms with Crippen LogP contribution in [-0.4, -0.2) is 42.1 Å². The Morgan fingerprint density at radius 1 is 1.53 bits per heavy atom. The fourth-order valence-corrected chi connectivity index (χ4v) is 1.73. The minimum Gasteiger partial charge on any atom is -0.496 e. The van der Waals surface area contributed by atoms with Crippen LogP contribution < -0.4 is 4.74 Å². The summed E-state index contributed by atoms with van der Waals surface area (Å²) in [6, 6.07) is 4.59. The molecule has 0 bridgehead atoms. The molecule has 1 aromatic carbocycles. The summed E-state index contributed by atoms with van der Waals surface area (Å²) in [5.41, 5.74) is 0.220. The van der Waals surface area contributed by atoms with Gasteiger partial charge in [0.25, 0.3) is 5.91 Å². The minimum atomic E-state index is -1.10. The predicted molar refractivity (Wildman–Crippen MR) is 71.7 cm³/mol. The number of hydrogen-bond donors (Lipinski definition) is 1. The van der Waals surface area contributed by atoms with E-state index in [9.17, 15) is 9.59 Å². The van der Waals surface area contributed by atoms with E-state index in [1.807, 2.05) is 0 Å². The van der Waals surface area contributed by atoms with E-state index in [-0.39, 0.29) is 12.1 Å². The highest BCUT2D eigenvalue weighted by molar-refractivity contribution is 6.31. The molecule has 1 aromatic rings. The Bertz CT molecular complexity index is 501. The third-order valence-corrected chi connectivity index (χ3v) is 2.59. The molecule has 0 aromatic heterocycles. The maximum Gasteiger partial charge on any atom is 0.323 e. The van der Waals surface area contributed by atoms with Crippen molar-refractivity contribution in [3.8, 4) is 5.75 Å². The lowest BCUT2D eigenvalue weighted by molar-refractivity contribution is -0.137. The van der Waals surface area contributed by atoms with Crippen molar-refractivity contribution in [2.75, 3.05) is 20.2 Å². The van der Waals surface area contributed by atoms with Crippen LogP contribution in [0.15, 0.2) is 30.9 Å². The number of carboxylic acid groups (broad SMARTS) is 1. The van der Waals surface area contributed by atoms with E-state index in [4.69, 9.17) is 21.4 Å². The average molecular weight is 284 g/mol. The Labute approximate surface area is 116 Å². The second kappa shape index (κ2) is 6.80. The van der Waals surface area contributed by atoms with Gasteiger partial charge in [-0.25, -0.2) is 0 Å². The summed E-state index contributed by atoms with van der Waals surface area (Å²) < 4.78 is 5.08. The highest BCUT2D eigenvalue weighted by Crippen LogP contribution is 2.24. The maximum atomic E-state index is 12.3. The molecule has 0 unspecified atom stereocenters. The van der Waals surface area contributed by atoms with E-state index in [0.29, 0.717) is 10.8 Å². The van der Waals surface area contributed by atoms with Gasteiger partial charge in [-0.05, 0) is 18.2 Å². The van der Waals surface area contributed by atoms with Gasteiger partial charge in [0.2, 0.25) is 0 Å². The second-order valence-corrected chi connectivity index (χ2v) is 4.15. The van der Waals surface area contributed by atoms with Crippen LogP contribution in [0.1, 0.15) is 10.4 Å². The van der Waals surface area contributed by atoms with Crippen molar-refractivity contribution in [1.82, 2.24) is 4.90 Å². The molecule has 0 aliphatic rings. The van der Waals surface area contributed by atoms with Crippen LogP contribution in [0.25, 0.3) is 0 Å². The summed E-state index contributed by atoms with van der Waals surface area (Å²) in [5.74, 6) is -1.23. The van der Waals surface area contributed by atoms with Crippen LogP contribution in [-0.2, 0) is 4.79 Å². The van der Waals surface area contributed by atoms with E-state index in [2.05, 4.69) is 6.58 Å². The molecule has 1 amide bonds.